The van der Waals surface area contributed by atoms with Crippen molar-refractivity contribution in [3.8, 4) is 0 Å². The van der Waals surface area contributed by atoms with Crippen LogP contribution in [0.4, 0.5) is 0 Å². The predicted octanol–water partition coefficient (Wildman–Crippen LogP) is 9.71. The Balaban J connectivity index is 1.82. The quantitative estimate of drug-likeness (QED) is 0.351. The first-order chi connectivity index (χ1) is 16.1. The van der Waals surface area contributed by atoms with Gasteiger partial charge in [0, 0.05) is 23.7 Å². The third-order valence-electron chi connectivity index (χ3n) is 6.95. The fourth-order valence-electron chi connectivity index (χ4n) is 5.34. The largest absolute Gasteiger partial charge is 0.297 e. The molecule has 0 aromatic heterocycles. The molecule has 2 aliphatic carbocycles. The Kier molecular flexibility index (Phi) is 8.94. The van der Waals surface area contributed by atoms with Crippen LogP contribution in [-0.2, 0) is 4.57 Å². The van der Waals surface area contributed by atoms with Gasteiger partial charge in [-0.1, -0.05) is 122 Å². The maximum absolute atomic E-state index is 15.1. The van der Waals surface area contributed by atoms with E-state index < -0.39 is 7.29 Å². The SMILES string of the molecule is O=P(C=C(Cl)c1ccccc1)(/C=C(/Cl)c1ccccc1)N(C1CCCCC1)C1CCCCC1. The highest BCUT2D eigenvalue weighted by Crippen LogP contribution is 2.61. The van der Waals surface area contributed by atoms with Crippen LogP contribution in [0.15, 0.2) is 72.3 Å². The van der Waals surface area contributed by atoms with E-state index in [0.717, 1.165) is 36.8 Å². The topological polar surface area (TPSA) is 20.3 Å². The molecule has 2 nitrogen and oxygen atoms in total. The van der Waals surface area contributed by atoms with Crippen LogP contribution in [0.5, 0.6) is 0 Å². The van der Waals surface area contributed by atoms with Crippen molar-refractivity contribution in [3.63, 3.8) is 0 Å². The fourth-order valence-corrected chi connectivity index (χ4v) is 9.20. The van der Waals surface area contributed by atoms with Gasteiger partial charge in [0.2, 0.25) is 0 Å². The van der Waals surface area contributed by atoms with Gasteiger partial charge in [0.05, 0.1) is 10.1 Å². The molecular weight excluding hydrogens is 468 g/mol. The van der Waals surface area contributed by atoms with Crippen molar-refractivity contribution in [1.82, 2.24) is 4.67 Å². The second kappa shape index (κ2) is 11.9. The maximum atomic E-state index is 15.1. The third kappa shape index (κ3) is 6.43. The highest BCUT2D eigenvalue weighted by Gasteiger charge is 2.39. The number of rotatable bonds is 7. The summed E-state index contributed by atoms with van der Waals surface area (Å²) >= 11 is 13.7. The Morgan fingerprint density at radius 1 is 0.667 bits per heavy atom. The summed E-state index contributed by atoms with van der Waals surface area (Å²) in [6.07, 6.45) is 11.7. The summed E-state index contributed by atoms with van der Waals surface area (Å²) in [7, 11) is -3.16. The van der Waals surface area contributed by atoms with Crippen LogP contribution in [0.2, 0.25) is 0 Å². The molecule has 4 rings (SSSR count). The van der Waals surface area contributed by atoms with Crippen LogP contribution < -0.4 is 0 Å². The Morgan fingerprint density at radius 2 is 1.03 bits per heavy atom. The van der Waals surface area contributed by atoms with Crippen LogP contribution in [0.25, 0.3) is 10.1 Å². The first-order valence-corrected chi connectivity index (χ1v) is 14.9. The lowest BCUT2D eigenvalue weighted by atomic mass is 9.91. The van der Waals surface area contributed by atoms with Crippen molar-refractivity contribution < 1.29 is 4.57 Å². The van der Waals surface area contributed by atoms with Crippen molar-refractivity contribution in [2.75, 3.05) is 0 Å². The van der Waals surface area contributed by atoms with Gasteiger partial charge in [0.1, 0.15) is 0 Å². The molecule has 0 N–H and O–H groups in total. The Hall–Kier alpha value is -1.31. The van der Waals surface area contributed by atoms with E-state index in [-0.39, 0.29) is 0 Å². The summed E-state index contributed by atoms with van der Waals surface area (Å²) in [5, 5.41) is 1.06. The first-order valence-electron chi connectivity index (χ1n) is 12.3. The normalized spacial score (nSPS) is 21.2. The summed E-state index contributed by atoms with van der Waals surface area (Å²) in [6, 6.07) is 20.3. The number of benzene rings is 2. The second-order valence-electron chi connectivity index (χ2n) is 9.32. The average Bonchev–Trinajstić information content (AvgIpc) is 2.86. The van der Waals surface area contributed by atoms with Crippen molar-refractivity contribution in [2.45, 2.75) is 76.3 Å². The number of nitrogens with zero attached hydrogens (tertiary/aromatic N) is 1. The summed E-state index contributed by atoms with van der Waals surface area (Å²) in [5.41, 5.74) is 1.77. The fraction of sp³-hybridized carbons (Fsp3) is 0.429. The zero-order chi connectivity index (χ0) is 23.1. The molecule has 0 saturated heterocycles. The van der Waals surface area contributed by atoms with Gasteiger partial charge in [-0.25, -0.2) is 4.67 Å². The molecule has 0 spiro atoms. The van der Waals surface area contributed by atoms with Crippen LogP contribution in [0, 0.1) is 0 Å². The van der Waals surface area contributed by atoms with E-state index in [1.807, 2.05) is 72.3 Å². The first kappa shape index (κ1) is 24.8. The highest BCUT2D eigenvalue weighted by molar-refractivity contribution is 7.68. The molecule has 0 amide bonds. The Bertz CT molecular complexity index is 916. The van der Waals surface area contributed by atoms with E-state index in [4.69, 9.17) is 23.2 Å². The van der Waals surface area contributed by atoms with Crippen molar-refractivity contribution in [2.24, 2.45) is 0 Å². The van der Waals surface area contributed by atoms with Gasteiger partial charge in [-0.15, -0.1) is 0 Å². The lowest BCUT2D eigenvalue weighted by molar-refractivity contribution is 0.170. The lowest BCUT2D eigenvalue weighted by Crippen LogP contribution is -2.42. The minimum Gasteiger partial charge on any atom is -0.297 e. The van der Waals surface area contributed by atoms with Crippen LogP contribution >= 0.6 is 30.5 Å². The van der Waals surface area contributed by atoms with Gasteiger partial charge >= 0.3 is 0 Å². The van der Waals surface area contributed by atoms with E-state index in [9.17, 15) is 0 Å². The van der Waals surface area contributed by atoms with Crippen molar-refractivity contribution in [1.29, 1.82) is 0 Å². The van der Waals surface area contributed by atoms with Gasteiger partial charge in [-0.05, 0) is 36.8 Å². The molecule has 0 radical (unpaired) electrons. The van der Waals surface area contributed by atoms with E-state index >= 15 is 4.57 Å². The van der Waals surface area contributed by atoms with E-state index in [1.54, 1.807) is 0 Å². The summed E-state index contributed by atoms with van der Waals surface area (Å²) in [6.45, 7) is 0. The maximum Gasteiger partial charge on any atom is 0.196 e. The number of hydrogen-bond acceptors (Lipinski definition) is 1. The van der Waals surface area contributed by atoms with Crippen LogP contribution in [0.3, 0.4) is 0 Å². The van der Waals surface area contributed by atoms with E-state index in [1.165, 1.54) is 38.5 Å². The standard InChI is InChI=1S/C28H34Cl2NOP/c29-27(23-13-5-1-6-14-23)21-33(32,22-28(30)24-15-7-2-8-16-24)31(25-17-9-3-10-18-25)26-19-11-4-12-20-26/h1-2,5-8,13-16,21-22,25-26H,3-4,9-12,17-20H2/b27-21+,28-22?. The zero-order valence-electron chi connectivity index (χ0n) is 19.2. The third-order valence-corrected chi connectivity index (χ3v) is 10.5. The molecule has 1 unspecified atom stereocenters. The molecule has 0 heterocycles. The molecule has 2 aliphatic rings. The second-order valence-corrected chi connectivity index (χ2v) is 12.5. The molecule has 2 aromatic carbocycles. The zero-order valence-corrected chi connectivity index (χ0v) is 21.6. The van der Waals surface area contributed by atoms with Gasteiger partial charge in [-0.3, -0.25) is 4.57 Å². The molecule has 0 aliphatic heterocycles. The minimum atomic E-state index is -3.16. The summed E-state index contributed by atoms with van der Waals surface area (Å²) in [5.74, 6) is 3.64. The molecule has 2 aromatic rings. The monoisotopic (exact) mass is 501 g/mol. The Labute approximate surface area is 209 Å². The molecule has 33 heavy (non-hydrogen) atoms. The molecule has 1 atom stereocenters. The molecule has 2 fully saturated rings. The summed E-state index contributed by atoms with van der Waals surface area (Å²) in [4.78, 5) is 0. The summed E-state index contributed by atoms with van der Waals surface area (Å²) < 4.78 is 17.4. The number of halogens is 2. The van der Waals surface area contributed by atoms with Crippen LogP contribution in [-0.4, -0.2) is 16.8 Å². The highest BCUT2D eigenvalue weighted by atomic mass is 35.5. The molecule has 0 bridgehead atoms. The molecule has 176 valence electrons. The number of hydrogen-bond donors (Lipinski definition) is 0. The van der Waals surface area contributed by atoms with Crippen molar-refractivity contribution >= 4 is 40.6 Å². The van der Waals surface area contributed by atoms with Gasteiger partial charge < -0.3 is 0 Å². The molecule has 5 heteroatoms. The molecular formula is C28H34Cl2NOP. The average molecular weight is 502 g/mol. The molecule has 2 saturated carbocycles. The Morgan fingerprint density at radius 3 is 1.39 bits per heavy atom. The van der Waals surface area contributed by atoms with Crippen molar-refractivity contribution in [3.05, 3.63) is 83.4 Å². The van der Waals surface area contributed by atoms with Crippen LogP contribution in [0.1, 0.15) is 75.3 Å². The lowest BCUT2D eigenvalue weighted by Gasteiger charge is -2.44. The van der Waals surface area contributed by atoms with Gasteiger partial charge in [0.15, 0.2) is 7.29 Å². The van der Waals surface area contributed by atoms with E-state index in [0.29, 0.717) is 22.1 Å². The van der Waals surface area contributed by atoms with E-state index in [2.05, 4.69) is 4.67 Å². The van der Waals surface area contributed by atoms with Gasteiger partial charge in [0.25, 0.3) is 0 Å². The van der Waals surface area contributed by atoms with Gasteiger partial charge in [-0.2, -0.15) is 0 Å². The minimum absolute atomic E-state index is 0.306. The smallest absolute Gasteiger partial charge is 0.196 e. The predicted molar refractivity (Wildman–Crippen MR) is 144 cm³/mol.